The maximum Gasteiger partial charge on any atom is 0.137 e. The Kier molecular flexibility index (Phi) is 5.90. The molecular weight excluding hydrogens is 560 g/mol. The Hall–Kier alpha value is -6.00. The molecule has 4 heterocycles. The third kappa shape index (κ3) is 4.00. The molecule has 9 rings (SSSR count). The summed E-state index contributed by atoms with van der Waals surface area (Å²) in [4.78, 5) is 9.95. The minimum atomic E-state index is 0.918. The van der Waals surface area contributed by atoms with Gasteiger partial charge in [-0.2, -0.15) is 0 Å². The molecule has 0 saturated carbocycles. The van der Waals surface area contributed by atoms with Gasteiger partial charge in [0, 0.05) is 45.1 Å². The smallest absolute Gasteiger partial charge is 0.137 e. The molecule has 4 heteroatoms. The number of aromatic nitrogens is 4. The second-order valence-electron chi connectivity index (χ2n) is 12.0. The van der Waals surface area contributed by atoms with Gasteiger partial charge in [0.05, 0.1) is 22.1 Å². The van der Waals surface area contributed by atoms with Gasteiger partial charge in [-0.3, -0.25) is 9.13 Å². The van der Waals surface area contributed by atoms with Crippen molar-refractivity contribution in [1.29, 1.82) is 0 Å². The average Bonchev–Trinajstić information content (AvgIpc) is 3.63. The third-order valence-electron chi connectivity index (χ3n) is 9.31. The molecule has 0 fully saturated rings. The van der Waals surface area contributed by atoms with Gasteiger partial charge in [0.2, 0.25) is 0 Å². The van der Waals surface area contributed by atoms with Crippen molar-refractivity contribution in [3.63, 3.8) is 0 Å². The summed E-state index contributed by atoms with van der Waals surface area (Å²) in [6.07, 6.45) is 4.00. The minimum absolute atomic E-state index is 0.918. The molecule has 9 aromatic rings. The van der Waals surface area contributed by atoms with E-state index in [1.165, 1.54) is 43.8 Å². The normalized spacial score (nSPS) is 11.7. The van der Waals surface area contributed by atoms with Gasteiger partial charge in [-0.25, -0.2) is 9.97 Å². The highest BCUT2D eigenvalue weighted by Gasteiger charge is 2.15. The van der Waals surface area contributed by atoms with Crippen LogP contribution in [0.15, 0.2) is 146 Å². The number of nitrogens with zero attached hydrogens (tertiary/aromatic N) is 4. The van der Waals surface area contributed by atoms with Gasteiger partial charge < -0.3 is 0 Å². The zero-order valence-corrected chi connectivity index (χ0v) is 25.6. The van der Waals surface area contributed by atoms with E-state index in [0.717, 1.165) is 44.8 Å². The van der Waals surface area contributed by atoms with Gasteiger partial charge in [-0.05, 0) is 84.6 Å². The fourth-order valence-electron chi connectivity index (χ4n) is 7.13. The first-order valence-electron chi connectivity index (χ1n) is 15.7. The summed E-state index contributed by atoms with van der Waals surface area (Å²) in [6.45, 7) is 4.36. The first-order valence-corrected chi connectivity index (χ1v) is 15.7. The lowest BCUT2D eigenvalue weighted by Gasteiger charge is -2.14. The third-order valence-corrected chi connectivity index (χ3v) is 9.31. The second kappa shape index (κ2) is 10.3. The Morgan fingerprint density at radius 1 is 0.391 bits per heavy atom. The van der Waals surface area contributed by atoms with Crippen LogP contribution in [0.2, 0.25) is 0 Å². The highest BCUT2D eigenvalue weighted by Crippen LogP contribution is 2.35. The predicted octanol–water partition coefficient (Wildman–Crippen LogP) is 10.6. The van der Waals surface area contributed by atoms with Crippen LogP contribution in [0, 0.1) is 13.8 Å². The summed E-state index contributed by atoms with van der Waals surface area (Å²) in [5.41, 5.74) is 11.7. The van der Waals surface area contributed by atoms with Crippen LogP contribution < -0.4 is 0 Å². The molecule has 0 radical (unpaired) electrons. The van der Waals surface area contributed by atoms with E-state index in [4.69, 9.17) is 9.97 Å². The maximum atomic E-state index is 4.98. The Balaban J connectivity index is 1.06. The van der Waals surface area contributed by atoms with Crippen molar-refractivity contribution in [2.24, 2.45) is 0 Å². The summed E-state index contributed by atoms with van der Waals surface area (Å²) < 4.78 is 4.51. The van der Waals surface area contributed by atoms with Crippen LogP contribution in [0.25, 0.3) is 77.5 Å². The average molecular weight is 591 g/mol. The van der Waals surface area contributed by atoms with E-state index in [9.17, 15) is 0 Å². The molecule has 218 valence electrons. The molecule has 0 bridgehead atoms. The lowest BCUT2D eigenvalue weighted by Crippen LogP contribution is -1.98. The fraction of sp³-hybridized carbons (Fsp3) is 0.0476. The van der Waals surface area contributed by atoms with E-state index in [1.807, 2.05) is 12.4 Å². The number of hydrogen-bond donors (Lipinski definition) is 0. The zero-order chi connectivity index (χ0) is 30.8. The lowest BCUT2D eigenvalue weighted by molar-refractivity contribution is 1.08. The molecule has 0 aliphatic heterocycles. The van der Waals surface area contributed by atoms with Crippen LogP contribution in [0.3, 0.4) is 0 Å². The molecule has 0 unspecified atom stereocenters. The van der Waals surface area contributed by atoms with Crippen LogP contribution in [0.4, 0.5) is 0 Å². The number of rotatable bonds is 4. The SMILES string of the molecule is Cc1cc(-c2ccc(-n3c4ccccc4c4ccccc43)nc2)c(C)cc1-c1ccc(-n2c3ccccc3c3ccccc32)nc1. The van der Waals surface area contributed by atoms with E-state index in [-0.39, 0.29) is 0 Å². The molecule has 0 saturated heterocycles. The van der Waals surface area contributed by atoms with Gasteiger partial charge in [0.25, 0.3) is 0 Å². The highest BCUT2D eigenvalue weighted by atomic mass is 15.1. The van der Waals surface area contributed by atoms with E-state index in [1.54, 1.807) is 0 Å². The maximum absolute atomic E-state index is 4.98. The van der Waals surface area contributed by atoms with Crippen LogP contribution >= 0.6 is 0 Å². The molecule has 4 nitrogen and oxygen atoms in total. The topological polar surface area (TPSA) is 35.6 Å². The number of para-hydroxylation sites is 4. The molecule has 0 aliphatic carbocycles. The molecule has 0 amide bonds. The van der Waals surface area contributed by atoms with Crippen LogP contribution in [-0.2, 0) is 0 Å². The molecule has 5 aromatic carbocycles. The van der Waals surface area contributed by atoms with Crippen LogP contribution in [0.1, 0.15) is 11.1 Å². The van der Waals surface area contributed by atoms with Crippen molar-refractivity contribution in [2.75, 3.05) is 0 Å². The van der Waals surface area contributed by atoms with E-state index < -0.39 is 0 Å². The summed E-state index contributed by atoms with van der Waals surface area (Å²) >= 11 is 0. The Morgan fingerprint density at radius 3 is 1.02 bits per heavy atom. The summed E-state index contributed by atoms with van der Waals surface area (Å²) in [6, 6.07) is 47.4. The number of benzene rings is 5. The monoisotopic (exact) mass is 590 g/mol. The molecule has 46 heavy (non-hydrogen) atoms. The molecule has 0 spiro atoms. The van der Waals surface area contributed by atoms with Crippen LogP contribution in [-0.4, -0.2) is 19.1 Å². The first-order chi connectivity index (χ1) is 22.7. The Morgan fingerprint density at radius 2 is 0.717 bits per heavy atom. The van der Waals surface area contributed by atoms with Gasteiger partial charge in [-0.15, -0.1) is 0 Å². The van der Waals surface area contributed by atoms with Gasteiger partial charge in [0.15, 0.2) is 0 Å². The summed E-state index contributed by atoms with van der Waals surface area (Å²) in [7, 11) is 0. The van der Waals surface area contributed by atoms with E-state index >= 15 is 0 Å². The van der Waals surface area contributed by atoms with Crippen molar-refractivity contribution in [3.8, 4) is 33.9 Å². The van der Waals surface area contributed by atoms with Crippen molar-refractivity contribution in [3.05, 3.63) is 157 Å². The lowest BCUT2D eigenvalue weighted by atomic mass is 9.93. The Bertz CT molecular complexity index is 2300. The Labute approximate surface area is 266 Å². The van der Waals surface area contributed by atoms with Gasteiger partial charge in [-0.1, -0.05) is 84.9 Å². The van der Waals surface area contributed by atoms with Crippen molar-refractivity contribution < 1.29 is 0 Å². The number of aryl methyl sites for hydroxylation is 2. The van der Waals surface area contributed by atoms with Gasteiger partial charge in [0.1, 0.15) is 11.6 Å². The zero-order valence-electron chi connectivity index (χ0n) is 25.6. The van der Waals surface area contributed by atoms with Gasteiger partial charge >= 0.3 is 0 Å². The number of pyridine rings is 2. The quantitative estimate of drug-likeness (QED) is 0.204. The number of fused-ring (bicyclic) bond motifs is 6. The molecular formula is C42H30N4. The fourth-order valence-corrected chi connectivity index (χ4v) is 7.13. The summed E-state index contributed by atoms with van der Waals surface area (Å²) in [5, 5.41) is 4.96. The van der Waals surface area contributed by atoms with E-state index in [0.29, 0.717) is 0 Å². The summed E-state index contributed by atoms with van der Waals surface area (Å²) in [5.74, 6) is 1.84. The van der Waals surface area contributed by atoms with Crippen molar-refractivity contribution in [2.45, 2.75) is 13.8 Å². The highest BCUT2D eigenvalue weighted by molar-refractivity contribution is 6.10. The number of hydrogen-bond acceptors (Lipinski definition) is 2. The van der Waals surface area contributed by atoms with E-state index in [2.05, 4.69) is 156 Å². The van der Waals surface area contributed by atoms with Crippen molar-refractivity contribution in [1.82, 2.24) is 19.1 Å². The van der Waals surface area contributed by atoms with Crippen LogP contribution in [0.5, 0.6) is 0 Å². The molecule has 0 N–H and O–H groups in total. The standard InChI is InChI=1S/C42H30N4/c1-27-23-36(30-20-22-42(44-26-30)46-39-17-9-5-13-33(39)34-14-6-10-18-40(34)46)28(2)24-35(27)29-19-21-41(43-25-29)45-37-15-7-3-11-31(37)32-12-4-8-16-38(32)45/h3-26H,1-2H3. The molecule has 0 aliphatic rings. The second-order valence-corrected chi connectivity index (χ2v) is 12.0. The van der Waals surface area contributed by atoms with Crippen molar-refractivity contribution >= 4 is 43.6 Å². The predicted molar refractivity (Wildman–Crippen MR) is 191 cm³/mol. The molecule has 0 atom stereocenters. The molecule has 4 aromatic heterocycles. The largest absolute Gasteiger partial charge is 0.294 e. The minimum Gasteiger partial charge on any atom is -0.294 e. The first kappa shape index (κ1) is 26.4.